The molecule has 0 bridgehead atoms. The first kappa shape index (κ1) is 22.3. The van der Waals surface area contributed by atoms with Gasteiger partial charge >= 0.3 is 5.97 Å². The Bertz CT molecular complexity index is 1100. The van der Waals surface area contributed by atoms with Crippen LogP contribution in [-0.4, -0.2) is 39.7 Å². The molecule has 0 radical (unpaired) electrons. The van der Waals surface area contributed by atoms with Crippen molar-refractivity contribution in [1.29, 1.82) is 0 Å². The van der Waals surface area contributed by atoms with Crippen LogP contribution in [0.1, 0.15) is 45.3 Å². The van der Waals surface area contributed by atoms with Crippen LogP contribution in [0.5, 0.6) is 0 Å². The number of methoxy groups -OCH3 is 1. The van der Waals surface area contributed by atoms with Gasteiger partial charge in [-0.25, -0.2) is 13.2 Å². The second-order valence-corrected chi connectivity index (χ2v) is 10.5. The van der Waals surface area contributed by atoms with Crippen molar-refractivity contribution in [3.8, 4) is 0 Å². The number of fused-ring (bicyclic) bond motifs is 1. The first-order valence-electron chi connectivity index (χ1n) is 9.65. The molecule has 7 nitrogen and oxygen atoms in total. The highest BCUT2D eigenvalue weighted by Crippen LogP contribution is 2.39. The van der Waals surface area contributed by atoms with Gasteiger partial charge in [0.15, 0.2) is 0 Å². The van der Waals surface area contributed by atoms with Gasteiger partial charge in [-0.05, 0) is 68.9 Å². The van der Waals surface area contributed by atoms with Gasteiger partial charge < -0.3 is 10.1 Å². The monoisotopic (exact) mass is 450 g/mol. The number of hydrogen-bond acceptors (Lipinski definition) is 6. The largest absolute Gasteiger partial charge is 0.465 e. The molecule has 1 N–H and O–H groups in total. The van der Waals surface area contributed by atoms with Crippen molar-refractivity contribution in [3.05, 3.63) is 45.3 Å². The van der Waals surface area contributed by atoms with Gasteiger partial charge in [0.25, 0.3) is 0 Å². The number of benzene rings is 1. The number of sulfonamides is 1. The van der Waals surface area contributed by atoms with Crippen molar-refractivity contribution in [3.63, 3.8) is 0 Å². The second-order valence-electron chi connectivity index (χ2n) is 7.55. The predicted octanol–water partition coefficient (Wildman–Crippen LogP) is 3.43. The fourth-order valence-electron chi connectivity index (χ4n) is 3.70. The second kappa shape index (κ2) is 8.39. The lowest BCUT2D eigenvalue weighted by molar-refractivity contribution is -0.116. The molecule has 3 rings (SSSR count). The van der Waals surface area contributed by atoms with Crippen molar-refractivity contribution in [2.45, 2.75) is 46.1 Å². The number of amides is 1. The van der Waals surface area contributed by atoms with Crippen molar-refractivity contribution < 1.29 is 22.7 Å². The zero-order valence-electron chi connectivity index (χ0n) is 17.7. The van der Waals surface area contributed by atoms with Crippen LogP contribution in [0.25, 0.3) is 0 Å². The molecule has 1 heterocycles. The predicted molar refractivity (Wildman–Crippen MR) is 119 cm³/mol. The van der Waals surface area contributed by atoms with Crippen LogP contribution in [0.15, 0.2) is 18.2 Å². The number of carbonyl (C=O) groups excluding carboxylic acids is 2. The number of anilines is 2. The number of nitrogens with zero attached hydrogens (tertiary/aromatic N) is 1. The molecule has 1 atom stereocenters. The Hall–Kier alpha value is -2.39. The SMILES string of the molecule is COC(=O)c1c(NC(=O)[C@H](C)N(c2ccc(C)c(C)c2)S(C)(=O)=O)sc2c1CCC2. The molecule has 1 aliphatic rings. The summed E-state index contributed by atoms with van der Waals surface area (Å²) in [4.78, 5) is 26.4. The highest BCUT2D eigenvalue weighted by molar-refractivity contribution is 7.92. The normalized spacial score (nSPS) is 14.2. The van der Waals surface area contributed by atoms with E-state index in [1.165, 1.54) is 25.4 Å². The Balaban J connectivity index is 1.94. The molecule has 30 heavy (non-hydrogen) atoms. The van der Waals surface area contributed by atoms with E-state index in [2.05, 4.69) is 5.32 Å². The summed E-state index contributed by atoms with van der Waals surface area (Å²) in [5, 5.41) is 3.19. The summed E-state index contributed by atoms with van der Waals surface area (Å²) in [6.07, 6.45) is 3.66. The van der Waals surface area contributed by atoms with Crippen LogP contribution in [0.2, 0.25) is 0 Å². The van der Waals surface area contributed by atoms with Crippen molar-refractivity contribution >= 4 is 43.9 Å². The van der Waals surface area contributed by atoms with Crippen LogP contribution < -0.4 is 9.62 Å². The Labute approximate surface area is 181 Å². The molecular weight excluding hydrogens is 424 g/mol. The number of ether oxygens (including phenoxy) is 1. The molecule has 0 saturated heterocycles. The summed E-state index contributed by atoms with van der Waals surface area (Å²) in [6, 6.07) is 4.25. The van der Waals surface area contributed by atoms with Gasteiger partial charge in [0.05, 0.1) is 24.6 Å². The van der Waals surface area contributed by atoms with Gasteiger partial charge in [-0.15, -0.1) is 11.3 Å². The topological polar surface area (TPSA) is 92.8 Å². The maximum atomic E-state index is 13.1. The van der Waals surface area contributed by atoms with Crippen LogP contribution in [0, 0.1) is 13.8 Å². The van der Waals surface area contributed by atoms with E-state index in [4.69, 9.17) is 4.74 Å². The minimum atomic E-state index is -3.73. The highest BCUT2D eigenvalue weighted by Gasteiger charge is 2.32. The molecule has 1 aliphatic carbocycles. The van der Waals surface area contributed by atoms with Gasteiger partial charge in [0.1, 0.15) is 11.0 Å². The first-order valence-corrected chi connectivity index (χ1v) is 12.3. The third-order valence-corrected chi connectivity index (χ3v) is 7.83. The minimum Gasteiger partial charge on any atom is -0.465 e. The zero-order valence-corrected chi connectivity index (χ0v) is 19.4. The van der Waals surface area contributed by atoms with Gasteiger partial charge in [0.2, 0.25) is 15.9 Å². The highest BCUT2D eigenvalue weighted by atomic mass is 32.2. The number of nitrogens with one attached hydrogen (secondary N) is 1. The summed E-state index contributed by atoms with van der Waals surface area (Å²) in [7, 11) is -2.42. The Morgan fingerprint density at radius 1 is 1.20 bits per heavy atom. The number of esters is 1. The number of rotatable bonds is 6. The summed E-state index contributed by atoms with van der Waals surface area (Å²) < 4.78 is 31.1. The fraction of sp³-hybridized carbons (Fsp3) is 0.429. The molecule has 0 spiro atoms. The Morgan fingerprint density at radius 3 is 2.50 bits per heavy atom. The molecule has 0 unspecified atom stereocenters. The van der Waals surface area contributed by atoms with E-state index in [1.807, 2.05) is 19.9 Å². The van der Waals surface area contributed by atoms with Crippen molar-refractivity contribution in [2.24, 2.45) is 0 Å². The molecule has 0 fully saturated rings. The Kier molecular flexibility index (Phi) is 6.24. The Morgan fingerprint density at radius 2 is 1.90 bits per heavy atom. The van der Waals surface area contributed by atoms with Crippen molar-refractivity contribution in [1.82, 2.24) is 0 Å². The standard InChI is InChI=1S/C21H26N2O5S2/c1-12-9-10-15(11-13(12)2)23(30(5,26)27)14(3)19(24)22-20-18(21(25)28-4)16-7-6-8-17(16)29-20/h9-11,14H,6-8H2,1-5H3,(H,22,24)/t14-/m0/s1. The van der Waals surface area contributed by atoms with E-state index in [0.717, 1.165) is 51.4 Å². The van der Waals surface area contributed by atoms with Crippen LogP contribution in [0.3, 0.4) is 0 Å². The lowest BCUT2D eigenvalue weighted by Gasteiger charge is -2.28. The average Bonchev–Trinajstić information content (AvgIpc) is 3.23. The van der Waals surface area contributed by atoms with E-state index in [9.17, 15) is 18.0 Å². The summed E-state index contributed by atoms with van der Waals surface area (Å²) >= 11 is 1.36. The molecular formula is C21H26N2O5S2. The van der Waals surface area contributed by atoms with Gasteiger partial charge in [-0.2, -0.15) is 0 Å². The molecule has 1 amide bonds. The van der Waals surface area contributed by atoms with Crippen LogP contribution in [-0.2, 0) is 32.4 Å². The van der Waals surface area contributed by atoms with Gasteiger partial charge in [0, 0.05) is 4.88 Å². The van der Waals surface area contributed by atoms with Gasteiger partial charge in [-0.1, -0.05) is 6.07 Å². The number of thiophene rings is 1. The zero-order chi connectivity index (χ0) is 22.2. The fourth-order valence-corrected chi connectivity index (χ4v) is 6.15. The minimum absolute atomic E-state index is 0.382. The van der Waals surface area contributed by atoms with E-state index in [-0.39, 0.29) is 0 Å². The maximum absolute atomic E-state index is 13.1. The third-order valence-electron chi connectivity index (χ3n) is 5.38. The molecule has 1 aromatic carbocycles. The van der Waals surface area contributed by atoms with Crippen molar-refractivity contribution in [2.75, 3.05) is 23.0 Å². The number of hydrogen-bond donors (Lipinski definition) is 1. The van der Waals surface area contributed by atoms with E-state index in [0.29, 0.717) is 16.3 Å². The quantitative estimate of drug-likeness (QED) is 0.681. The average molecular weight is 451 g/mol. The molecule has 2 aromatic rings. The van der Waals surface area contributed by atoms with Gasteiger partial charge in [-0.3, -0.25) is 9.10 Å². The maximum Gasteiger partial charge on any atom is 0.341 e. The van der Waals surface area contributed by atoms with E-state index < -0.39 is 27.9 Å². The summed E-state index contributed by atoms with van der Waals surface area (Å²) in [5.41, 5.74) is 3.68. The van der Waals surface area contributed by atoms with E-state index in [1.54, 1.807) is 12.1 Å². The number of aryl methyl sites for hydroxylation is 3. The lowest BCUT2D eigenvalue weighted by Crippen LogP contribution is -2.45. The molecule has 9 heteroatoms. The van der Waals surface area contributed by atoms with Crippen LogP contribution >= 0.6 is 11.3 Å². The molecule has 0 saturated carbocycles. The summed E-state index contributed by atoms with van der Waals surface area (Å²) in [6.45, 7) is 5.36. The molecule has 0 aliphatic heterocycles. The van der Waals surface area contributed by atoms with Crippen LogP contribution in [0.4, 0.5) is 10.7 Å². The third kappa shape index (κ3) is 4.22. The number of carbonyl (C=O) groups is 2. The van der Waals surface area contributed by atoms with E-state index >= 15 is 0 Å². The lowest BCUT2D eigenvalue weighted by atomic mass is 10.1. The smallest absolute Gasteiger partial charge is 0.341 e. The first-order chi connectivity index (χ1) is 14.0. The summed E-state index contributed by atoms with van der Waals surface area (Å²) in [5.74, 6) is -1.00. The molecule has 1 aromatic heterocycles. The molecule has 162 valence electrons.